The highest BCUT2D eigenvalue weighted by Crippen LogP contribution is 2.11. The molecule has 1 aromatic rings. The van der Waals surface area contributed by atoms with Crippen LogP contribution in [0.1, 0.15) is 77.6 Å². The molecule has 0 bridgehead atoms. The minimum atomic E-state index is 1.000. The van der Waals surface area contributed by atoms with E-state index >= 15 is 0 Å². The summed E-state index contributed by atoms with van der Waals surface area (Å²) in [5.74, 6) is 1.000. The third-order valence-electron chi connectivity index (χ3n) is 3.75. The Hall–Kier alpha value is -1.05. The van der Waals surface area contributed by atoms with E-state index in [2.05, 4.69) is 17.2 Å². The van der Waals surface area contributed by atoms with Gasteiger partial charge < -0.3 is 5.32 Å². The van der Waals surface area contributed by atoms with E-state index in [-0.39, 0.29) is 0 Å². The van der Waals surface area contributed by atoms with Crippen molar-refractivity contribution in [1.82, 2.24) is 4.98 Å². The second-order valence-corrected chi connectivity index (χ2v) is 5.68. The first kappa shape index (κ1) is 17.0. The van der Waals surface area contributed by atoms with Crippen LogP contribution in [0, 0.1) is 0 Å². The summed E-state index contributed by atoms with van der Waals surface area (Å²) in [5, 5.41) is 3.36. The third kappa shape index (κ3) is 9.82. The number of hydrogen-bond donors (Lipinski definition) is 1. The molecule has 1 N–H and O–H groups in total. The molecule has 0 fully saturated rings. The third-order valence-corrected chi connectivity index (χ3v) is 3.75. The van der Waals surface area contributed by atoms with Gasteiger partial charge in [0.2, 0.25) is 0 Å². The summed E-state index contributed by atoms with van der Waals surface area (Å²) < 4.78 is 0. The van der Waals surface area contributed by atoms with Gasteiger partial charge in [-0.25, -0.2) is 4.98 Å². The van der Waals surface area contributed by atoms with Crippen LogP contribution in [0.3, 0.4) is 0 Å². The van der Waals surface area contributed by atoms with Gasteiger partial charge in [-0.1, -0.05) is 77.2 Å². The van der Waals surface area contributed by atoms with Crippen LogP contribution in [-0.2, 0) is 0 Å². The molecule has 2 heteroatoms. The zero-order valence-electron chi connectivity index (χ0n) is 13.2. The average molecular weight is 276 g/mol. The Morgan fingerprint density at radius 1 is 0.800 bits per heavy atom. The van der Waals surface area contributed by atoms with Crippen molar-refractivity contribution in [1.29, 1.82) is 0 Å². The quantitative estimate of drug-likeness (QED) is 0.460. The summed E-state index contributed by atoms with van der Waals surface area (Å²) in [6.45, 7) is 3.33. The van der Waals surface area contributed by atoms with Gasteiger partial charge in [-0.05, 0) is 18.6 Å². The second kappa shape index (κ2) is 13.0. The molecule has 0 atom stereocenters. The maximum absolute atomic E-state index is 4.26. The number of anilines is 1. The second-order valence-electron chi connectivity index (χ2n) is 5.68. The van der Waals surface area contributed by atoms with Crippen LogP contribution in [0.15, 0.2) is 24.4 Å². The van der Waals surface area contributed by atoms with E-state index < -0.39 is 0 Å². The number of unbranched alkanes of at least 4 members (excludes halogenated alkanes) is 10. The molecule has 0 saturated heterocycles. The number of nitrogens with zero attached hydrogens (tertiary/aromatic N) is 1. The van der Waals surface area contributed by atoms with Crippen LogP contribution in [0.2, 0.25) is 0 Å². The number of aromatic nitrogens is 1. The first-order valence-corrected chi connectivity index (χ1v) is 8.58. The summed E-state index contributed by atoms with van der Waals surface area (Å²) in [6, 6.07) is 6.00. The fraction of sp³-hybridized carbons (Fsp3) is 0.722. The molecule has 20 heavy (non-hydrogen) atoms. The van der Waals surface area contributed by atoms with E-state index in [4.69, 9.17) is 0 Å². The Balaban J connectivity index is 1.77. The average Bonchev–Trinajstić information content (AvgIpc) is 2.49. The Kier molecular flexibility index (Phi) is 11.0. The monoisotopic (exact) mass is 276 g/mol. The summed E-state index contributed by atoms with van der Waals surface area (Å²) in [5.41, 5.74) is 0. The molecule has 0 aliphatic heterocycles. The fourth-order valence-corrected chi connectivity index (χ4v) is 2.47. The molecule has 0 aliphatic rings. The zero-order chi connectivity index (χ0) is 14.3. The van der Waals surface area contributed by atoms with Crippen LogP contribution < -0.4 is 5.32 Å². The van der Waals surface area contributed by atoms with Gasteiger partial charge in [0, 0.05) is 12.7 Å². The van der Waals surface area contributed by atoms with Gasteiger partial charge in [-0.3, -0.25) is 0 Å². The lowest BCUT2D eigenvalue weighted by molar-refractivity contribution is 0.552. The minimum Gasteiger partial charge on any atom is -0.370 e. The number of rotatable bonds is 13. The summed E-state index contributed by atoms with van der Waals surface area (Å²) >= 11 is 0. The van der Waals surface area contributed by atoms with Crippen molar-refractivity contribution in [2.45, 2.75) is 77.6 Å². The van der Waals surface area contributed by atoms with E-state index in [0.717, 1.165) is 12.4 Å². The molecule has 1 rings (SSSR count). The molecular weight excluding hydrogens is 244 g/mol. The zero-order valence-corrected chi connectivity index (χ0v) is 13.2. The maximum Gasteiger partial charge on any atom is 0.125 e. The van der Waals surface area contributed by atoms with Gasteiger partial charge >= 0.3 is 0 Å². The Morgan fingerprint density at radius 3 is 1.95 bits per heavy atom. The molecule has 114 valence electrons. The van der Waals surface area contributed by atoms with Gasteiger partial charge in [0.25, 0.3) is 0 Å². The predicted octanol–water partition coefficient (Wildman–Crippen LogP) is 5.80. The molecule has 1 aromatic heterocycles. The first-order chi connectivity index (χ1) is 9.93. The molecule has 1 heterocycles. The first-order valence-electron chi connectivity index (χ1n) is 8.58. The maximum atomic E-state index is 4.26. The molecule has 2 nitrogen and oxygen atoms in total. The van der Waals surface area contributed by atoms with Crippen molar-refractivity contribution in [3.63, 3.8) is 0 Å². The van der Waals surface area contributed by atoms with Gasteiger partial charge in [-0.15, -0.1) is 0 Å². The molecular formula is C18H32N2. The van der Waals surface area contributed by atoms with E-state index in [1.165, 1.54) is 70.6 Å². The van der Waals surface area contributed by atoms with Crippen molar-refractivity contribution in [3.05, 3.63) is 24.4 Å². The standard InChI is InChI=1S/C18H32N2/c1-2-3-4-5-6-7-8-9-10-11-13-16-19-18-15-12-14-17-20-18/h12,14-15,17H,2-11,13,16H2,1H3,(H,19,20). The van der Waals surface area contributed by atoms with E-state index in [1.54, 1.807) is 0 Å². The van der Waals surface area contributed by atoms with Crippen LogP contribution >= 0.6 is 0 Å². The van der Waals surface area contributed by atoms with E-state index in [0.29, 0.717) is 0 Å². The van der Waals surface area contributed by atoms with Crippen molar-refractivity contribution in [3.8, 4) is 0 Å². The lowest BCUT2D eigenvalue weighted by atomic mass is 10.1. The van der Waals surface area contributed by atoms with Crippen molar-refractivity contribution in [2.75, 3.05) is 11.9 Å². The molecule has 0 radical (unpaired) electrons. The lowest BCUT2D eigenvalue weighted by Gasteiger charge is -2.05. The summed E-state index contributed by atoms with van der Waals surface area (Å²) in [4.78, 5) is 4.26. The molecule has 0 saturated carbocycles. The largest absolute Gasteiger partial charge is 0.370 e. The van der Waals surface area contributed by atoms with E-state index in [9.17, 15) is 0 Å². The normalized spacial score (nSPS) is 10.7. The van der Waals surface area contributed by atoms with Crippen molar-refractivity contribution in [2.24, 2.45) is 0 Å². The SMILES string of the molecule is CCCCCCCCCCCCCNc1ccccn1. The molecule has 0 aromatic carbocycles. The van der Waals surface area contributed by atoms with E-state index in [1.807, 2.05) is 24.4 Å². The highest BCUT2D eigenvalue weighted by Gasteiger charge is 1.94. The Bertz CT molecular complexity index is 298. The van der Waals surface area contributed by atoms with Gasteiger partial charge in [0.15, 0.2) is 0 Å². The van der Waals surface area contributed by atoms with Crippen molar-refractivity contribution < 1.29 is 0 Å². The van der Waals surface area contributed by atoms with Gasteiger partial charge in [-0.2, -0.15) is 0 Å². The van der Waals surface area contributed by atoms with Gasteiger partial charge in [0.1, 0.15) is 5.82 Å². The van der Waals surface area contributed by atoms with Gasteiger partial charge in [0.05, 0.1) is 0 Å². The topological polar surface area (TPSA) is 24.9 Å². The highest BCUT2D eigenvalue weighted by molar-refractivity contribution is 5.32. The van der Waals surface area contributed by atoms with Crippen LogP contribution in [0.5, 0.6) is 0 Å². The Morgan fingerprint density at radius 2 is 1.40 bits per heavy atom. The lowest BCUT2D eigenvalue weighted by Crippen LogP contribution is -2.02. The molecule has 0 unspecified atom stereocenters. The highest BCUT2D eigenvalue weighted by atomic mass is 15.0. The number of pyridine rings is 1. The minimum absolute atomic E-state index is 1.000. The number of nitrogens with one attached hydrogen (secondary N) is 1. The number of hydrogen-bond acceptors (Lipinski definition) is 2. The smallest absolute Gasteiger partial charge is 0.125 e. The summed E-state index contributed by atoms with van der Waals surface area (Å²) in [6.07, 6.45) is 17.2. The fourth-order valence-electron chi connectivity index (χ4n) is 2.47. The molecule has 0 aliphatic carbocycles. The predicted molar refractivity (Wildman–Crippen MR) is 89.2 cm³/mol. The van der Waals surface area contributed by atoms with Crippen LogP contribution in [0.25, 0.3) is 0 Å². The van der Waals surface area contributed by atoms with Crippen LogP contribution in [-0.4, -0.2) is 11.5 Å². The van der Waals surface area contributed by atoms with Crippen molar-refractivity contribution >= 4 is 5.82 Å². The molecule has 0 spiro atoms. The van der Waals surface area contributed by atoms with Crippen LogP contribution in [0.4, 0.5) is 5.82 Å². The molecule has 0 amide bonds. The Labute approximate surface area is 125 Å². The summed E-state index contributed by atoms with van der Waals surface area (Å²) in [7, 11) is 0.